The zero-order valence-electron chi connectivity index (χ0n) is 18.2. The van der Waals surface area contributed by atoms with Gasteiger partial charge in [0.25, 0.3) is 0 Å². The number of hydrogen-bond acceptors (Lipinski definition) is 3. The van der Waals surface area contributed by atoms with Crippen LogP contribution in [0.2, 0.25) is 0 Å². The van der Waals surface area contributed by atoms with Crippen LogP contribution in [0.5, 0.6) is 0 Å². The molecule has 0 atom stereocenters. The Labute approximate surface area is 196 Å². The second-order valence-electron chi connectivity index (χ2n) is 8.06. The average Bonchev–Trinajstić information content (AvgIpc) is 3.63. The number of benzene rings is 1. The van der Waals surface area contributed by atoms with E-state index in [1.807, 2.05) is 84.9 Å². The monoisotopic (exact) mass is 440 g/mol. The van der Waals surface area contributed by atoms with Crippen LogP contribution in [0.1, 0.15) is 28.3 Å². The number of aromatic amines is 2. The number of hydrogen-bond donors (Lipinski definition) is 2. The highest BCUT2D eigenvalue weighted by atomic mass is 16.5. The zero-order chi connectivity index (χ0) is 22.9. The van der Waals surface area contributed by atoms with Crippen LogP contribution in [-0.4, -0.2) is 26.5 Å². The van der Waals surface area contributed by atoms with Crippen LogP contribution < -0.4 is 0 Å². The van der Waals surface area contributed by atoms with Gasteiger partial charge in [0.1, 0.15) is 12.3 Å². The summed E-state index contributed by atoms with van der Waals surface area (Å²) in [6.07, 6.45) is 9.53. The largest absolute Gasteiger partial charge is 0.478 e. The van der Waals surface area contributed by atoms with Crippen molar-refractivity contribution < 1.29 is 4.74 Å². The third-order valence-corrected chi connectivity index (χ3v) is 5.66. The molecule has 0 spiro atoms. The minimum absolute atomic E-state index is 0.151. The van der Waals surface area contributed by atoms with Crippen LogP contribution in [-0.2, 0) is 4.74 Å². The summed E-state index contributed by atoms with van der Waals surface area (Å²) in [6.45, 7) is 0.151. The van der Waals surface area contributed by atoms with Crippen molar-refractivity contribution in [2.45, 2.75) is 0 Å². The van der Waals surface area contributed by atoms with E-state index in [4.69, 9.17) is 21.1 Å². The predicted octanol–water partition coefficient (Wildman–Crippen LogP) is 6.05. The molecule has 5 heteroatoms. The molecule has 0 saturated heterocycles. The number of aromatic nitrogens is 4. The molecule has 2 N–H and O–H groups in total. The van der Waals surface area contributed by atoms with Crippen molar-refractivity contribution in [3.8, 4) is 12.3 Å². The summed E-state index contributed by atoms with van der Waals surface area (Å²) in [6, 6.07) is 26.3. The highest BCUT2D eigenvalue weighted by Crippen LogP contribution is 2.36. The molecule has 0 saturated carbocycles. The molecule has 5 nitrogen and oxygen atoms in total. The Balaban J connectivity index is 1.68. The molecule has 0 unspecified atom stereocenters. The molecule has 4 aromatic rings. The van der Waals surface area contributed by atoms with Gasteiger partial charge >= 0.3 is 0 Å². The van der Waals surface area contributed by atoms with Gasteiger partial charge in [-0.1, -0.05) is 36.3 Å². The maximum Gasteiger partial charge on any atom is 0.156 e. The molecule has 162 valence electrons. The first-order valence-electron chi connectivity index (χ1n) is 11.0. The number of nitrogens with one attached hydrogen (secondary N) is 2. The van der Waals surface area contributed by atoms with Gasteiger partial charge in [0.2, 0.25) is 0 Å². The number of ether oxygens (including phenoxy) is 1. The van der Waals surface area contributed by atoms with E-state index in [-0.39, 0.29) is 6.61 Å². The Kier molecular flexibility index (Phi) is 4.82. The molecule has 8 bridgehead atoms. The molecule has 0 fully saturated rings. The lowest BCUT2D eigenvalue weighted by atomic mass is 10.0. The van der Waals surface area contributed by atoms with E-state index in [9.17, 15) is 0 Å². The standard InChI is InChI=1S/C29H20N4O/c1-2-14-34-29-27-18-25-13-11-23(32-25)16-21-9-8-20(30-21)15-22-10-12-24(31-22)17-26(33-27)28(29)19-6-4-3-5-7-19/h1,3-13,15-18,30,32H,14H2. The molecular formula is C29H20N4O. The first kappa shape index (κ1) is 19.8. The molecule has 34 heavy (non-hydrogen) atoms. The zero-order valence-corrected chi connectivity index (χ0v) is 18.2. The van der Waals surface area contributed by atoms with E-state index in [1.54, 1.807) is 0 Å². The minimum atomic E-state index is 0.151. The van der Waals surface area contributed by atoms with Crippen molar-refractivity contribution in [1.82, 2.24) is 19.9 Å². The van der Waals surface area contributed by atoms with Gasteiger partial charge < -0.3 is 14.7 Å². The van der Waals surface area contributed by atoms with Crippen LogP contribution in [0.3, 0.4) is 0 Å². The van der Waals surface area contributed by atoms with Crippen LogP contribution in [0, 0.1) is 12.3 Å². The molecule has 5 heterocycles. The number of fused-ring (bicyclic) bond motifs is 8. The predicted molar refractivity (Wildman–Crippen MR) is 137 cm³/mol. The molecule has 6 rings (SSSR count). The normalized spacial score (nSPS) is 12.6. The second kappa shape index (κ2) is 8.27. The van der Waals surface area contributed by atoms with E-state index < -0.39 is 0 Å². The maximum atomic E-state index is 6.07. The molecule has 2 aliphatic heterocycles. The van der Waals surface area contributed by atoms with Crippen LogP contribution in [0.4, 0.5) is 0 Å². The summed E-state index contributed by atoms with van der Waals surface area (Å²) in [4.78, 5) is 16.6. The van der Waals surface area contributed by atoms with Crippen molar-refractivity contribution in [2.75, 3.05) is 6.61 Å². The summed E-state index contributed by atoms with van der Waals surface area (Å²) in [7, 11) is 0. The first-order valence-corrected chi connectivity index (χ1v) is 11.0. The van der Waals surface area contributed by atoms with Crippen LogP contribution in [0.25, 0.3) is 45.6 Å². The Bertz CT molecular complexity index is 1660. The molecule has 3 aromatic heterocycles. The van der Waals surface area contributed by atoms with E-state index in [1.165, 1.54) is 0 Å². The fourth-order valence-corrected chi connectivity index (χ4v) is 4.19. The number of rotatable bonds is 3. The van der Waals surface area contributed by atoms with E-state index >= 15 is 0 Å². The molecule has 0 radical (unpaired) electrons. The summed E-state index contributed by atoms with van der Waals surface area (Å²) < 4.78 is 6.07. The third kappa shape index (κ3) is 3.78. The van der Waals surface area contributed by atoms with Crippen molar-refractivity contribution in [1.29, 1.82) is 0 Å². The maximum absolute atomic E-state index is 6.07. The smallest absolute Gasteiger partial charge is 0.156 e. The number of terminal acetylenes is 1. The van der Waals surface area contributed by atoms with Crippen molar-refractivity contribution in [2.24, 2.45) is 0 Å². The van der Waals surface area contributed by atoms with Crippen LogP contribution >= 0.6 is 0 Å². The van der Waals surface area contributed by atoms with Crippen LogP contribution in [0.15, 0.2) is 78.9 Å². The quantitative estimate of drug-likeness (QED) is 0.336. The van der Waals surface area contributed by atoms with E-state index in [2.05, 4.69) is 22.0 Å². The average molecular weight is 441 g/mol. The van der Waals surface area contributed by atoms with Gasteiger partial charge in [0.05, 0.1) is 22.7 Å². The molecule has 0 amide bonds. The van der Waals surface area contributed by atoms with E-state index in [0.29, 0.717) is 11.5 Å². The topological polar surface area (TPSA) is 66.6 Å². The van der Waals surface area contributed by atoms with E-state index in [0.717, 1.165) is 50.3 Å². The van der Waals surface area contributed by atoms with Gasteiger partial charge in [-0.05, 0) is 66.2 Å². The Hall–Kier alpha value is -4.82. The van der Waals surface area contributed by atoms with Gasteiger partial charge in [-0.3, -0.25) is 0 Å². The minimum Gasteiger partial charge on any atom is -0.478 e. The Morgan fingerprint density at radius 1 is 0.706 bits per heavy atom. The van der Waals surface area contributed by atoms with Gasteiger partial charge in [-0.15, -0.1) is 6.42 Å². The fraction of sp³-hybridized carbons (Fsp3) is 0.0345. The molecule has 0 aliphatic carbocycles. The third-order valence-electron chi connectivity index (χ3n) is 5.66. The highest BCUT2D eigenvalue weighted by molar-refractivity contribution is 5.98. The van der Waals surface area contributed by atoms with Gasteiger partial charge in [0, 0.05) is 22.1 Å². The molecular weight excluding hydrogens is 420 g/mol. The summed E-state index contributed by atoms with van der Waals surface area (Å²) in [5, 5.41) is 0. The number of H-pyrrole nitrogens is 2. The number of nitrogens with zero attached hydrogens (tertiary/aromatic N) is 2. The fourth-order valence-electron chi connectivity index (χ4n) is 4.19. The van der Waals surface area contributed by atoms with Crippen molar-refractivity contribution in [3.05, 3.63) is 107 Å². The van der Waals surface area contributed by atoms with Crippen molar-refractivity contribution in [3.63, 3.8) is 0 Å². The second-order valence-corrected chi connectivity index (χ2v) is 8.06. The first-order chi connectivity index (χ1) is 16.7. The Morgan fingerprint density at radius 2 is 1.35 bits per heavy atom. The molecule has 2 aliphatic rings. The molecule has 1 aromatic carbocycles. The lowest BCUT2D eigenvalue weighted by molar-refractivity contribution is 0.328. The highest BCUT2D eigenvalue weighted by Gasteiger charge is 2.23. The summed E-state index contributed by atoms with van der Waals surface area (Å²) in [5.41, 5.74) is 8.97. The van der Waals surface area contributed by atoms with Gasteiger partial charge in [-0.25, -0.2) is 9.97 Å². The van der Waals surface area contributed by atoms with Gasteiger partial charge in [-0.2, -0.15) is 0 Å². The summed E-state index contributed by atoms with van der Waals surface area (Å²) in [5.74, 6) is 3.24. The Morgan fingerprint density at radius 3 is 2.06 bits per heavy atom. The summed E-state index contributed by atoms with van der Waals surface area (Å²) >= 11 is 0. The van der Waals surface area contributed by atoms with Gasteiger partial charge in [0.15, 0.2) is 5.76 Å². The lowest BCUT2D eigenvalue weighted by Crippen LogP contribution is -1.94. The lowest BCUT2D eigenvalue weighted by Gasteiger charge is -2.08. The van der Waals surface area contributed by atoms with Crippen molar-refractivity contribution >= 4 is 45.6 Å². The SMILES string of the molecule is C#CCOC1=C(c2ccccc2)c2cc3nc(cc4ccc(cc5ccc(cc1n2)[nH]5)[nH]4)C=C3.